The molecule has 0 aliphatic heterocycles. The van der Waals surface area contributed by atoms with Crippen LogP contribution < -0.4 is 0 Å². The van der Waals surface area contributed by atoms with Gasteiger partial charge in [0.05, 0.1) is 6.42 Å². The first-order valence-electron chi connectivity index (χ1n) is 6.07. The van der Waals surface area contributed by atoms with Crippen LogP contribution in [0.1, 0.15) is 18.4 Å². The van der Waals surface area contributed by atoms with Crippen LogP contribution in [0.4, 0.5) is 0 Å². The first kappa shape index (κ1) is 25.8. The van der Waals surface area contributed by atoms with Gasteiger partial charge in [0.1, 0.15) is 5.76 Å². The monoisotopic (exact) mass is 354 g/mol. The number of hydrogen-bond donors (Lipinski definition) is 0. The van der Waals surface area contributed by atoms with E-state index in [4.69, 9.17) is 18.7 Å². The molecule has 1 aliphatic carbocycles. The Bertz CT molecular complexity index is 527. The van der Waals surface area contributed by atoms with Crippen LogP contribution in [0, 0.1) is 20.0 Å². The van der Waals surface area contributed by atoms with Gasteiger partial charge < -0.3 is 4.74 Å². The van der Waals surface area contributed by atoms with Gasteiger partial charge in [-0.1, -0.05) is 36.4 Å². The fourth-order valence-corrected chi connectivity index (χ4v) is 1.60. The van der Waals surface area contributed by atoms with Crippen molar-refractivity contribution in [2.75, 3.05) is 0 Å². The van der Waals surface area contributed by atoms with Crippen molar-refractivity contribution >= 4 is 5.97 Å². The predicted octanol–water partition coefficient (Wildman–Crippen LogP) is 2.89. The van der Waals surface area contributed by atoms with E-state index in [1.807, 2.05) is 48.6 Å². The van der Waals surface area contributed by atoms with Gasteiger partial charge in [0.15, 0.2) is 0 Å². The molecule has 0 aromatic heterocycles. The quantitative estimate of drug-likeness (QED) is 0.362. The summed E-state index contributed by atoms with van der Waals surface area (Å²) < 4.78 is 27.7. The Morgan fingerprint density at radius 3 is 2.04 bits per heavy atom. The standard InChI is InChI=1S/C14H14O2.3CO.Fe/c15-14(11-12-7-3-1-4-8-12)16-13-9-5-2-6-10-13;3*1-2;/h1,3-5,7-10H,2,6,11H2;;;;. The zero-order valence-corrected chi connectivity index (χ0v) is 13.2. The van der Waals surface area contributed by atoms with Gasteiger partial charge in [-0.2, -0.15) is 0 Å². The second-order valence-electron chi connectivity index (χ2n) is 3.72. The fourth-order valence-electron chi connectivity index (χ4n) is 1.60. The van der Waals surface area contributed by atoms with Crippen molar-refractivity contribution in [1.82, 2.24) is 0 Å². The van der Waals surface area contributed by atoms with Crippen LogP contribution >= 0.6 is 0 Å². The SMILES string of the molecule is O=C(Cc1ccccc1)OC1=CCCC=C1.[C-]#[O+].[C-]#[O+].[C-]#[O+].[Fe]. The van der Waals surface area contributed by atoms with E-state index in [1.165, 1.54) is 0 Å². The van der Waals surface area contributed by atoms with Crippen LogP contribution in [0.25, 0.3) is 0 Å². The van der Waals surface area contributed by atoms with E-state index in [1.54, 1.807) is 0 Å². The molecule has 6 heteroatoms. The van der Waals surface area contributed by atoms with Crippen LogP contribution in [0.5, 0.6) is 0 Å². The van der Waals surface area contributed by atoms with Crippen molar-refractivity contribution in [3.05, 3.63) is 79.8 Å². The van der Waals surface area contributed by atoms with Crippen LogP contribution in [0.3, 0.4) is 0 Å². The van der Waals surface area contributed by atoms with Crippen molar-refractivity contribution in [3.8, 4) is 0 Å². The van der Waals surface area contributed by atoms with E-state index >= 15 is 0 Å². The van der Waals surface area contributed by atoms with E-state index in [9.17, 15) is 4.79 Å². The maximum atomic E-state index is 11.6. The zero-order chi connectivity index (χ0) is 17.2. The molecule has 120 valence electrons. The molecule has 1 aliphatic rings. The van der Waals surface area contributed by atoms with Crippen molar-refractivity contribution in [2.24, 2.45) is 0 Å². The van der Waals surface area contributed by atoms with Gasteiger partial charge in [-0.15, -0.1) is 0 Å². The topological polar surface area (TPSA) is 86.0 Å². The molecule has 0 saturated heterocycles. The third kappa shape index (κ3) is 13.3. The number of hydrogen-bond acceptors (Lipinski definition) is 2. The number of carbonyl (C=O) groups excluding carboxylic acids is 1. The summed E-state index contributed by atoms with van der Waals surface area (Å²) in [6.45, 7) is 13.5. The molecule has 0 amide bonds. The Morgan fingerprint density at radius 2 is 1.57 bits per heavy atom. The first-order chi connectivity index (χ1) is 10.8. The third-order valence-electron chi connectivity index (χ3n) is 2.38. The van der Waals surface area contributed by atoms with Gasteiger partial charge in [-0.3, -0.25) is 4.79 Å². The van der Waals surface area contributed by atoms with E-state index in [0.29, 0.717) is 12.2 Å². The van der Waals surface area contributed by atoms with E-state index < -0.39 is 0 Å². The number of rotatable bonds is 3. The third-order valence-corrected chi connectivity index (χ3v) is 2.38. The van der Waals surface area contributed by atoms with Crippen molar-refractivity contribution in [1.29, 1.82) is 0 Å². The van der Waals surface area contributed by atoms with Gasteiger partial charge in [0.25, 0.3) is 0 Å². The Balaban J connectivity index is -0.000000514. The maximum Gasteiger partial charge on any atom is 0 e. The summed E-state index contributed by atoms with van der Waals surface area (Å²) >= 11 is 0. The van der Waals surface area contributed by atoms with Crippen LogP contribution in [0.15, 0.2) is 54.3 Å². The Hall–Kier alpha value is -2.09. The van der Waals surface area contributed by atoms with Gasteiger partial charge >= 0.3 is 39.9 Å². The van der Waals surface area contributed by atoms with E-state index in [-0.39, 0.29) is 23.0 Å². The average molecular weight is 354 g/mol. The second kappa shape index (κ2) is 19.9. The normalized spacial score (nSPS) is 10.3. The van der Waals surface area contributed by atoms with Crippen LogP contribution in [-0.2, 0) is 47.0 Å². The fraction of sp³-hybridized carbons (Fsp3) is 0.176. The summed E-state index contributed by atoms with van der Waals surface area (Å²) in [5.74, 6) is 0.469. The minimum Gasteiger partial charge on any atom is 0 e. The summed E-state index contributed by atoms with van der Waals surface area (Å²) in [6.07, 6.45) is 8.12. The molecule has 2 rings (SSSR count). The van der Waals surface area contributed by atoms with Crippen molar-refractivity contribution in [3.63, 3.8) is 0 Å². The molecule has 1 aromatic rings. The van der Waals surface area contributed by atoms with Gasteiger partial charge in [-0.25, -0.2) is 0 Å². The van der Waals surface area contributed by atoms with Gasteiger partial charge in [0, 0.05) is 17.1 Å². The Morgan fingerprint density at radius 1 is 1.00 bits per heavy atom. The average Bonchev–Trinajstić information content (AvgIpc) is 2.62. The summed E-state index contributed by atoms with van der Waals surface area (Å²) in [5, 5.41) is 0. The number of allylic oxidation sites excluding steroid dienone is 3. The van der Waals surface area contributed by atoms with Gasteiger partial charge in [-0.05, 0) is 30.6 Å². The molecule has 0 unspecified atom stereocenters. The Kier molecular flexibility index (Phi) is 22.4. The number of esters is 1. The zero-order valence-electron chi connectivity index (χ0n) is 12.1. The molecule has 5 nitrogen and oxygen atoms in total. The number of ether oxygens (including phenoxy) is 1. The molecule has 0 bridgehead atoms. The van der Waals surface area contributed by atoms with Crippen LogP contribution in [0.2, 0.25) is 0 Å². The molecule has 0 N–H and O–H groups in total. The minimum absolute atomic E-state index is 0. The van der Waals surface area contributed by atoms with Gasteiger partial charge in [0.2, 0.25) is 0 Å². The second-order valence-corrected chi connectivity index (χ2v) is 3.72. The molecule has 0 radical (unpaired) electrons. The Labute approximate surface area is 146 Å². The molecule has 23 heavy (non-hydrogen) atoms. The summed E-state index contributed by atoms with van der Waals surface area (Å²) in [4.78, 5) is 11.6. The molecule has 0 fully saturated rings. The largest absolute Gasteiger partial charge is 0 e. The van der Waals surface area contributed by atoms with Crippen LogP contribution in [-0.4, -0.2) is 5.97 Å². The summed E-state index contributed by atoms with van der Waals surface area (Å²) in [7, 11) is 0. The van der Waals surface area contributed by atoms with E-state index in [0.717, 1.165) is 18.4 Å². The molecular formula is C17H14FeO5. The smallest absolute Gasteiger partial charge is 0 e. The molecule has 0 spiro atoms. The summed E-state index contributed by atoms with van der Waals surface area (Å²) in [5.41, 5.74) is 0.980. The van der Waals surface area contributed by atoms with Crippen molar-refractivity contribution in [2.45, 2.75) is 19.3 Å². The first-order valence-corrected chi connectivity index (χ1v) is 6.07. The summed E-state index contributed by atoms with van der Waals surface area (Å²) in [6, 6.07) is 9.62. The minimum atomic E-state index is -0.205. The molecule has 0 heterocycles. The molecule has 0 saturated carbocycles. The molecule has 1 aromatic carbocycles. The maximum absolute atomic E-state index is 11.6. The van der Waals surface area contributed by atoms with E-state index in [2.05, 4.69) is 20.0 Å². The molecule has 0 atom stereocenters. The number of carbonyl (C=O) groups is 1. The number of benzene rings is 1. The van der Waals surface area contributed by atoms with Crippen molar-refractivity contribution < 1.29 is 40.6 Å². The molecular weight excluding hydrogens is 340 g/mol. The predicted molar refractivity (Wildman–Crippen MR) is 74.5 cm³/mol.